The highest BCUT2D eigenvalue weighted by Crippen LogP contribution is 2.30. The smallest absolute Gasteiger partial charge is 0.234 e. The molecule has 2 atom stereocenters. The van der Waals surface area contributed by atoms with Crippen LogP contribution in [0.2, 0.25) is 0 Å². The van der Waals surface area contributed by atoms with Crippen LogP contribution in [0.5, 0.6) is 0 Å². The van der Waals surface area contributed by atoms with Gasteiger partial charge in [0, 0.05) is 6.54 Å². The van der Waals surface area contributed by atoms with E-state index in [2.05, 4.69) is 17.6 Å². The molecule has 2 unspecified atom stereocenters. The van der Waals surface area contributed by atoms with Gasteiger partial charge in [0.15, 0.2) is 0 Å². The lowest BCUT2D eigenvalue weighted by Crippen LogP contribution is -2.34. The molecule has 0 heterocycles. The Hall–Kier alpha value is -1.35. The van der Waals surface area contributed by atoms with Crippen LogP contribution in [0.25, 0.3) is 0 Å². The van der Waals surface area contributed by atoms with E-state index in [1.807, 2.05) is 30.3 Å². The van der Waals surface area contributed by atoms with E-state index in [0.29, 0.717) is 13.1 Å². The van der Waals surface area contributed by atoms with Crippen LogP contribution < -0.4 is 10.6 Å². The Labute approximate surface area is 128 Å². The number of amides is 1. The number of hydrogen-bond acceptors (Lipinski definition) is 2. The summed E-state index contributed by atoms with van der Waals surface area (Å²) >= 11 is 0. The molecule has 0 spiro atoms. The minimum absolute atomic E-state index is 0.0795. The molecule has 1 aromatic rings. The average Bonchev–Trinajstić information content (AvgIpc) is 2.51. The molecule has 116 valence electrons. The van der Waals surface area contributed by atoms with Gasteiger partial charge in [-0.15, -0.1) is 0 Å². The molecule has 0 saturated heterocycles. The Bertz CT molecular complexity index is 418. The average molecular weight is 288 g/mol. The molecule has 1 amide bonds. The van der Waals surface area contributed by atoms with Gasteiger partial charge in [0.1, 0.15) is 0 Å². The van der Waals surface area contributed by atoms with E-state index in [-0.39, 0.29) is 5.91 Å². The molecule has 2 rings (SSSR count). The lowest BCUT2D eigenvalue weighted by atomic mass is 9.81. The second kappa shape index (κ2) is 8.83. The second-order valence-corrected chi connectivity index (χ2v) is 6.37. The maximum Gasteiger partial charge on any atom is 0.234 e. The van der Waals surface area contributed by atoms with Crippen LogP contribution >= 0.6 is 0 Å². The van der Waals surface area contributed by atoms with Crippen molar-refractivity contribution in [2.45, 2.75) is 45.6 Å². The number of carbonyl (C=O) groups is 1. The lowest BCUT2D eigenvalue weighted by Gasteiger charge is -2.26. The first-order valence-electron chi connectivity index (χ1n) is 8.25. The number of hydrogen-bond donors (Lipinski definition) is 2. The fourth-order valence-corrected chi connectivity index (χ4v) is 3.19. The van der Waals surface area contributed by atoms with Gasteiger partial charge in [0.25, 0.3) is 0 Å². The van der Waals surface area contributed by atoms with E-state index in [4.69, 9.17) is 0 Å². The molecule has 1 aliphatic rings. The zero-order valence-electron chi connectivity index (χ0n) is 13.1. The van der Waals surface area contributed by atoms with Crippen LogP contribution in [-0.2, 0) is 11.3 Å². The maximum atomic E-state index is 11.7. The predicted octanol–water partition coefficient (Wildman–Crippen LogP) is 3.11. The van der Waals surface area contributed by atoms with Gasteiger partial charge in [0.05, 0.1) is 6.54 Å². The van der Waals surface area contributed by atoms with Gasteiger partial charge in [-0.2, -0.15) is 0 Å². The zero-order chi connectivity index (χ0) is 14.9. The van der Waals surface area contributed by atoms with E-state index in [1.54, 1.807) is 0 Å². The van der Waals surface area contributed by atoms with Crippen molar-refractivity contribution in [2.24, 2.45) is 11.8 Å². The number of benzene rings is 1. The standard InChI is InChI=1S/C18H28N2O/c1-15-6-5-9-16(12-15)10-11-19-14-18(21)20-13-17-7-3-2-4-8-17/h2-4,7-8,15-16,19H,5-6,9-14H2,1H3,(H,20,21). The molecular weight excluding hydrogens is 260 g/mol. The summed E-state index contributed by atoms with van der Waals surface area (Å²) in [4.78, 5) is 11.7. The minimum atomic E-state index is 0.0795. The van der Waals surface area contributed by atoms with Crippen LogP contribution in [0.15, 0.2) is 30.3 Å². The van der Waals surface area contributed by atoms with Gasteiger partial charge < -0.3 is 10.6 Å². The van der Waals surface area contributed by atoms with Gasteiger partial charge in [-0.05, 0) is 36.8 Å². The second-order valence-electron chi connectivity index (χ2n) is 6.37. The largest absolute Gasteiger partial charge is 0.351 e. The number of carbonyl (C=O) groups excluding carboxylic acids is 1. The van der Waals surface area contributed by atoms with E-state index < -0.39 is 0 Å². The third kappa shape index (κ3) is 6.30. The van der Waals surface area contributed by atoms with E-state index >= 15 is 0 Å². The van der Waals surface area contributed by atoms with Crippen molar-refractivity contribution in [2.75, 3.05) is 13.1 Å². The molecule has 2 N–H and O–H groups in total. The Morgan fingerprint density at radius 3 is 2.81 bits per heavy atom. The molecule has 1 saturated carbocycles. The van der Waals surface area contributed by atoms with Crippen molar-refractivity contribution in [3.05, 3.63) is 35.9 Å². The molecule has 1 aromatic carbocycles. The molecule has 21 heavy (non-hydrogen) atoms. The monoisotopic (exact) mass is 288 g/mol. The first-order chi connectivity index (χ1) is 10.2. The highest BCUT2D eigenvalue weighted by molar-refractivity contribution is 5.77. The third-order valence-corrected chi connectivity index (χ3v) is 4.39. The molecular formula is C18H28N2O. The quantitative estimate of drug-likeness (QED) is 0.757. The van der Waals surface area contributed by atoms with Crippen molar-refractivity contribution in [1.82, 2.24) is 10.6 Å². The van der Waals surface area contributed by atoms with Crippen LogP contribution in [0.4, 0.5) is 0 Å². The summed E-state index contributed by atoms with van der Waals surface area (Å²) in [5.74, 6) is 1.82. The van der Waals surface area contributed by atoms with Crippen molar-refractivity contribution >= 4 is 5.91 Å². The third-order valence-electron chi connectivity index (χ3n) is 4.39. The van der Waals surface area contributed by atoms with Gasteiger partial charge in [-0.25, -0.2) is 0 Å². The summed E-state index contributed by atoms with van der Waals surface area (Å²) in [5, 5.41) is 6.21. The molecule has 3 heteroatoms. The summed E-state index contributed by atoms with van der Waals surface area (Å²) in [6.07, 6.45) is 6.71. The highest BCUT2D eigenvalue weighted by atomic mass is 16.1. The summed E-state index contributed by atoms with van der Waals surface area (Å²) in [6, 6.07) is 10.0. The Kier molecular flexibility index (Phi) is 6.74. The summed E-state index contributed by atoms with van der Waals surface area (Å²) in [7, 11) is 0. The Morgan fingerprint density at radius 2 is 2.05 bits per heavy atom. The first-order valence-corrected chi connectivity index (χ1v) is 8.25. The highest BCUT2D eigenvalue weighted by Gasteiger charge is 2.18. The fraction of sp³-hybridized carbons (Fsp3) is 0.611. The van der Waals surface area contributed by atoms with Crippen molar-refractivity contribution in [3.8, 4) is 0 Å². The summed E-state index contributed by atoms with van der Waals surface area (Å²) < 4.78 is 0. The normalized spacial score (nSPS) is 22.0. The number of rotatable bonds is 7. The molecule has 0 aliphatic heterocycles. The Morgan fingerprint density at radius 1 is 1.24 bits per heavy atom. The molecule has 0 bridgehead atoms. The first kappa shape index (κ1) is 16.0. The molecule has 1 fully saturated rings. The summed E-state index contributed by atoms with van der Waals surface area (Å²) in [5.41, 5.74) is 1.14. The predicted molar refractivity (Wildman–Crippen MR) is 86.9 cm³/mol. The summed E-state index contributed by atoms with van der Waals surface area (Å²) in [6.45, 7) is 4.35. The SMILES string of the molecule is CC1CCCC(CCNCC(=O)NCc2ccccc2)C1. The van der Waals surface area contributed by atoms with E-state index in [1.165, 1.54) is 32.1 Å². The van der Waals surface area contributed by atoms with Crippen molar-refractivity contribution in [3.63, 3.8) is 0 Å². The van der Waals surface area contributed by atoms with Gasteiger partial charge in [-0.1, -0.05) is 56.5 Å². The minimum Gasteiger partial charge on any atom is -0.351 e. The lowest BCUT2D eigenvalue weighted by molar-refractivity contribution is -0.120. The van der Waals surface area contributed by atoms with Gasteiger partial charge in [-0.3, -0.25) is 4.79 Å². The van der Waals surface area contributed by atoms with Crippen molar-refractivity contribution < 1.29 is 4.79 Å². The van der Waals surface area contributed by atoms with Crippen LogP contribution in [0.3, 0.4) is 0 Å². The molecule has 0 radical (unpaired) electrons. The maximum absolute atomic E-state index is 11.7. The van der Waals surface area contributed by atoms with Crippen LogP contribution in [0, 0.1) is 11.8 Å². The van der Waals surface area contributed by atoms with Gasteiger partial charge in [0.2, 0.25) is 5.91 Å². The zero-order valence-corrected chi connectivity index (χ0v) is 13.1. The van der Waals surface area contributed by atoms with E-state index in [9.17, 15) is 4.79 Å². The van der Waals surface area contributed by atoms with Crippen LogP contribution in [-0.4, -0.2) is 19.0 Å². The fourth-order valence-electron chi connectivity index (χ4n) is 3.19. The van der Waals surface area contributed by atoms with Gasteiger partial charge >= 0.3 is 0 Å². The topological polar surface area (TPSA) is 41.1 Å². The molecule has 3 nitrogen and oxygen atoms in total. The Balaban J connectivity index is 1.53. The molecule has 1 aliphatic carbocycles. The van der Waals surface area contributed by atoms with Crippen molar-refractivity contribution in [1.29, 1.82) is 0 Å². The number of nitrogens with one attached hydrogen (secondary N) is 2. The van der Waals surface area contributed by atoms with E-state index in [0.717, 1.165) is 23.9 Å². The molecule has 0 aromatic heterocycles. The van der Waals surface area contributed by atoms with Crippen LogP contribution in [0.1, 0.15) is 44.6 Å².